The Bertz CT molecular complexity index is 961. The van der Waals surface area contributed by atoms with Gasteiger partial charge in [0.15, 0.2) is 11.1 Å². The summed E-state index contributed by atoms with van der Waals surface area (Å²) in [5, 5.41) is 9.56. The quantitative estimate of drug-likeness (QED) is 0.694. The first-order valence-electron chi connectivity index (χ1n) is 7.67. The summed E-state index contributed by atoms with van der Waals surface area (Å²) >= 11 is 0. The minimum atomic E-state index is -0.288. The number of anilines is 1. The fourth-order valence-corrected chi connectivity index (χ4v) is 3.15. The van der Waals surface area contributed by atoms with Crippen LogP contribution in [0, 0.1) is 0 Å². The van der Waals surface area contributed by atoms with Crippen LogP contribution in [0.3, 0.4) is 0 Å². The monoisotopic (exact) mass is 312 g/mol. The number of hydrogen-bond donors (Lipinski definition) is 2. The molecule has 0 bridgehead atoms. The van der Waals surface area contributed by atoms with Crippen LogP contribution in [0.5, 0.6) is 0 Å². The normalized spacial score (nSPS) is 15.7. The molecule has 0 saturated heterocycles. The van der Waals surface area contributed by atoms with Crippen LogP contribution in [-0.2, 0) is 6.61 Å². The van der Waals surface area contributed by atoms with Crippen LogP contribution < -0.4 is 11.2 Å². The van der Waals surface area contributed by atoms with Crippen molar-refractivity contribution in [2.24, 2.45) is 0 Å². The summed E-state index contributed by atoms with van der Waals surface area (Å²) in [4.78, 5) is 25.6. The first-order chi connectivity index (χ1) is 11.2. The molecule has 0 aromatic carbocycles. The molecule has 3 aromatic rings. The molecule has 1 aliphatic carbocycles. The highest BCUT2D eigenvalue weighted by atomic mass is 16.3. The first-order valence-corrected chi connectivity index (χ1v) is 7.67. The van der Waals surface area contributed by atoms with E-state index in [0.29, 0.717) is 22.9 Å². The average molecular weight is 312 g/mol. The maximum Gasteiger partial charge on any atom is 0.232 e. The number of aliphatic hydroxyl groups excluding tert-OH is 1. The summed E-state index contributed by atoms with van der Waals surface area (Å²) in [5.41, 5.74) is 6.55. The van der Waals surface area contributed by atoms with Crippen molar-refractivity contribution in [1.29, 1.82) is 0 Å². The summed E-state index contributed by atoms with van der Waals surface area (Å²) in [5.74, 6) is 1.16. The Kier molecular flexibility index (Phi) is 3.23. The Hall–Kier alpha value is -2.54. The van der Waals surface area contributed by atoms with Crippen molar-refractivity contribution in [3.8, 4) is 0 Å². The lowest BCUT2D eigenvalue weighted by Gasteiger charge is -2.08. The van der Waals surface area contributed by atoms with E-state index in [-0.39, 0.29) is 34.5 Å². The van der Waals surface area contributed by atoms with E-state index in [2.05, 4.69) is 15.0 Å². The largest absolute Gasteiger partial charge is 0.434 e. The van der Waals surface area contributed by atoms with Gasteiger partial charge in [-0.3, -0.25) is 4.79 Å². The van der Waals surface area contributed by atoms with Crippen LogP contribution in [0.15, 0.2) is 21.5 Å². The van der Waals surface area contributed by atoms with Gasteiger partial charge in [0, 0.05) is 11.5 Å². The zero-order valence-electron chi connectivity index (χ0n) is 12.5. The van der Waals surface area contributed by atoms with E-state index < -0.39 is 0 Å². The van der Waals surface area contributed by atoms with E-state index in [9.17, 15) is 9.90 Å². The number of nitrogens with zero attached hydrogens (tertiary/aromatic N) is 3. The maximum absolute atomic E-state index is 12.7. The molecule has 3 aromatic heterocycles. The van der Waals surface area contributed by atoms with E-state index >= 15 is 0 Å². The van der Waals surface area contributed by atoms with E-state index in [1.54, 1.807) is 0 Å². The number of hydrogen-bond acceptors (Lipinski definition) is 7. The lowest BCUT2D eigenvalue weighted by atomic mass is 10.1. The third kappa shape index (κ3) is 2.24. The molecule has 3 N–H and O–H groups in total. The number of rotatable bonds is 2. The van der Waals surface area contributed by atoms with Gasteiger partial charge in [-0.05, 0) is 18.9 Å². The predicted molar refractivity (Wildman–Crippen MR) is 84.9 cm³/mol. The zero-order valence-corrected chi connectivity index (χ0v) is 12.5. The molecule has 0 spiro atoms. The summed E-state index contributed by atoms with van der Waals surface area (Å²) in [6.45, 7) is -0.288. The molecule has 118 valence electrons. The molecule has 0 aliphatic heterocycles. The molecule has 0 radical (unpaired) electrons. The number of nitrogen functional groups attached to an aromatic ring is 1. The smallest absolute Gasteiger partial charge is 0.232 e. The molecule has 0 atom stereocenters. The number of nitrogens with two attached hydrogens (primary N) is 1. The fourth-order valence-electron chi connectivity index (χ4n) is 3.15. The number of fused-ring (bicyclic) bond motifs is 2. The van der Waals surface area contributed by atoms with Gasteiger partial charge in [0.05, 0.1) is 18.2 Å². The fraction of sp³-hybridized carbons (Fsp3) is 0.375. The third-order valence-electron chi connectivity index (χ3n) is 4.43. The minimum absolute atomic E-state index is 0.134. The number of aromatic nitrogens is 3. The molecule has 7 heteroatoms. The second-order valence-corrected chi connectivity index (χ2v) is 5.90. The van der Waals surface area contributed by atoms with Gasteiger partial charge in [-0.25, -0.2) is 9.97 Å². The predicted octanol–water partition coefficient (Wildman–Crippen LogP) is 1.86. The Labute approximate surface area is 131 Å². The summed E-state index contributed by atoms with van der Waals surface area (Å²) in [6, 6.07) is 1.51. The molecular formula is C16H16N4O3. The van der Waals surface area contributed by atoms with Crippen LogP contribution in [-0.4, -0.2) is 20.1 Å². The molecule has 7 nitrogen and oxygen atoms in total. The van der Waals surface area contributed by atoms with Crippen molar-refractivity contribution >= 4 is 28.0 Å². The highest BCUT2D eigenvalue weighted by Gasteiger charge is 2.21. The average Bonchev–Trinajstić information content (AvgIpc) is 3.09. The van der Waals surface area contributed by atoms with Gasteiger partial charge in [0.2, 0.25) is 11.1 Å². The number of aliphatic hydroxyl groups is 1. The van der Waals surface area contributed by atoms with Crippen LogP contribution in [0.25, 0.3) is 22.2 Å². The van der Waals surface area contributed by atoms with Gasteiger partial charge < -0.3 is 15.3 Å². The van der Waals surface area contributed by atoms with Crippen LogP contribution in [0.4, 0.5) is 5.82 Å². The van der Waals surface area contributed by atoms with Gasteiger partial charge in [-0.15, -0.1) is 0 Å². The third-order valence-corrected chi connectivity index (χ3v) is 4.43. The van der Waals surface area contributed by atoms with Crippen molar-refractivity contribution in [3.05, 3.63) is 33.9 Å². The minimum Gasteiger partial charge on any atom is -0.434 e. The van der Waals surface area contributed by atoms with Gasteiger partial charge in [0.1, 0.15) is 11.6 Å². The Balaban J connectivity index is 1.97. The van der Waals surface area contributed by atoms with E-state index in [1.807, 2.05) is 0 Å². The molecular weight excluding hydrogens is 296 g/mol. The Morgan fingerprint density at radius 3 is 2.83 bits per heavy atom. The molecule has 1 saturated carbocycles. The van der Waals surface area contributed by atoms with Crippen LogP contribution >= 0.6 is 0 Å². The second kappa shape index (κ2) is 5.27. The highest BCUT2D eigenvalue weighted by Crippen LogP contribution is 2.32. The van der Waals surface area contributed by atoms with Crippen molar-refractivity contribution in [3.63, 3.8) is 0 Å². The zero-order chi connectivity index (χ0) is 16.0. The second-order valence-electron chi connectivity index (χ2n) is 5.90. The van der Waals surface area contributed by atoms with Crippen molar-refractivity contribution < 1.29 is 9.52 Å². The van der Waals surface area contributed by atoms with Gasteiger partial charge in [-0.1, -0.05) is 12.8 Å². The van der Waals surface area contributed by atoms with Crippen LogP contribution in [0.1, 0.15) is 43.0 Å². The standard InChI is InChI=1S/C16H16N4O3/c17-14-9(7-21)5-10-13(22)12-11(23-16(10)20-14)6-18-15(19-12)8-3-1-2-4-8/h5-6,8,21H,1-4,7H2,(H2,17,20). The Morgan fingerprint density at radius 1 is 1.30 bits per heavy atom. The molecule has 4 rings (SSSR count). The molecule has 0 unspecified atom stereocenters. The summed E-state index contributed by atoms with van der Waals surface area (Å²) in [6.07, 6.45) is 5.98. The number of pyridine rings is 1. The van der Waals surface area contributed by atoms with E-state index in [1.165, 1.54) is 25.1 Å². The topological polar surface area (TPSA) is 115 Å². The molecule has 23 heavy (non-hydrogen) atoms. The van der Waals surface area contributed by atoms with Gasteiger partial charge in [0.25, 0.3) is 0 Å². The van der Waals surface area contributed by atoms with Gasteiger partial charge in [-0.2, -0.15) is 4.98 Å². The van der Waals surface area contributed by atoms with Crippen molar-refractivity contribution in [1.82, 2.24) is 15.0 Å². The molecule has 1 fully saturated rings. The van der Waals surface area contributed by atoms with Crippen molar-refractivity contribution in [2.75, 3.05) is 5.73 Å². The summed E-state index contributed by atoms with van der Waals surface area (Å²) < 4.78 is 5.63. The van der Waals surface area contributed by atoms with Crippen LogP contribution in [0.2, 0.25) is 0 Å². The maximum atomic E-state index is 12.7. The SMILES string of the molecule is Nc1nc2oc3cnc(C4CCCC4)nc3c(=O)c2cc1CO. The van der Waals surface area contributed by atoms with E-state index in [0.717, 1.165) is 12.8 Å². The molecule has 1 aliphatic rings. The van der Waals surface area contributed by atoms with Gasteiger partial charge >= 0.3 is 0 Å². The molecule has 3 heterocycles. The first kappa shape index (κ1) is 14.1. The lowest BCUT2D eigenvalue weighted by molar-refractivity contribution is 0.282. The molecule has 0 amide bonds. The Morgan fingerprint density at radius 2 is 2.09 bits per heavy atom. The highest BCUT2D eigenvalue weighted by molar-refractivity contribution is 5.86. The van der Waals surface area contributed by atoms with E-state index in [4.69, 9.17) is 10.2 Å². The lowest BCUT2D eigenvalue weighted by Crippen LogP contribution is -2.10. The summed E-state index contributed by atoms with van der Waals surface area (Å²) in [7, 11) is 0. The van der Waals surface area contributed by atoms with Crippen molar-refractivity contribution in [2.45, 2.75) is 38.2 Å².